The molecule has 0 bridgehead atoms. The molecule has 0 aromatic carbocycles. The summed E-state index contributed by atoms with van der Waals surface area (Å²) < 4.78 is 51.1. The van der Waals surface area contributed by atoms with Crippen molar-refractivity contribution in [2.45, 2.75) is 26.1 Å². The van der Waals surface area contributed by atoms with E-state index in [9.17, 15) is 18.0 Å². The standard InChI is InChI=1S/C15H19F3N2O3S/c1-3-6-19(7-8-22-2)13-12(15(16,17)18)14(21)23-20(13)10-11-5-4-9-24-11/h4-5,9H,3,6-8,10H2,1-2H3. The maximum Gasteiger partial charge on any atom is 0.427 e. The van der Waals surface area contributed by atoms with E-state index in [1.165, 1.54) is 23.3 Å². The van der Waals surface area contributed by atoms with Crippen LogP contribution in [0, 0.1) is 0 Å². The molecule has 0 unspecified atom stereocenters. The van der Waals surface area contributed by atoms with E-state index in [2.05, 4.69) is 0 Å². The lowest BCUT2D eigenvalue weighted by Crippen LogP contribution is -2.32. The zero-order valence-corrected chi connectivity index (χ0v) is 14.2. The van der Waals surface area contributed by atoms with Crippen molar-refractivity contribution in [2.24, 2.45) is 0 Å². The third kappa shape index (κ3) is 4.21. The number of ether oxygens (including phenoxy) is 1. The second-order valence-corrected chi connectivity index (χ2v) is 6.20. The molecule has 2 aromatic rings. The molecule has 2 aromatic heterocycles. The quantitative estimate of drug-likeness (QED) is 0.720. The highest BCUT2D eigenvalue weighted by atomic mass is 32.1. The lowest BCUT2D eigenvalue weighted by atomic mass is 10.2. The number of nitrogens with zero attached hydrogens (tertiary/aromatic N) is 2. The van der Waals surface area contributed by atoms with E-state index in [1.807, 2.05) is 12.3 Å². The van der Waals surface area contributed by atoms with E-state index >= 15 is 0 Å². The van der Waals surface area contributed by atoms with Crippen LogP contribution < -0.4 is 10.5 Å². The minimum absolute atomic E-state index is 0.0749. The fraction of sp³-hybridized carbons (Fsp3) is 0.533. The Morgan fingerprint density at radius 2 is 2.12 bits per heavy atom. The summed E-state index contributed by atoms with van der Waals surface area (Å²) in [6.45, 7) is 2.77. The Hall–Kier alpha value is -1.74. The van der Waals surface area contributed by atoms with Crippen molar-refractivity contribution in [3.63, 3.8) is 0 Å². The van der Waals surface area contributed by atoms with Gasteiger partial charge in [0, 0.05) is 25.1 Å². The van der Waals surface area contributed by atoms with Crippen LogP contribution in [0.25, 0.3) is 0 Å². The normalized spacial score (nSPS) is 11.9. The molecule has 0 amide bonds. The Kier molecular flexibility index (Phi) is 6.11. The second-order valence-electron chi connectivity index (χ2n) is 5.17. The molecule has 5 nitrogen and oxygen atoms in total. The molecule has 0 saturated heterocycles. The number of aromatic nitrogens is 1. The summed E-state index contributed by atoms with van der Waals surface area (Å²) in [5.74, 6) is -0.236. The zero-order valence-electron chi connectivity index (χ0n) is 13.4. The minimum atomic E-state index is -4.78. The fourth-order valence-corrected chi connectivity index (χ4v) is 3.09. The van der Waals surface area contributed by atoms with Gasteiger partial charge in [0.25, 0.3) is 0 Å². The van der Waals surface area contributed by atoms with Crippen molar-refractivity contribution in [2.75, 3.05) is 31.7 Å². The van der Waals surface area contributed by atoms with Crippen molar-refractivity contribution in [3.05, 3.63) is 38.4 Å². The first-order valence-corrected chi connectivity index (χ1v) is 8.34. The predicted octanol–water partition coefficient (Wildman–Crippen LogP) is 3.43. The van der Waals surface area contributed by atoms with Crippen LogP contribution in [-0.4, -0.2) is 31.5 Å². The molecule has 0 radical (unpaired) electrons. The molecule has 0 fully saturated rings. The van der Waals surface area contributed by atoms with Gasteiger partial charge in [-0.05, 0) is 17.9 Å². The Bertz CT molecular complexity index is 692. The summed E-state index contributed by atoms with van der Waals surface area (Å²) >= 11 is 1.38. The van der Waals surface area contributed by atoms with Crippen molar-refractivity contribution >= 4 is 17.2 Å². The van der Waals surface area contributed by atoms with Crippen LogP contribution in [0.5, 0.6) is 0 Å². The Morgan fingerprint density at radius 1 is 1.38 bits per heavy atom. The number of methoxy groups -OCH3 is 1. The highest BCUT2D eigenvalue weighted by molar-refractivity contribution is 7.09. The van der Waals surface area contributed by atoms with Crippen LogP contribution in [0.1, 0.15) is 23.8 Å². The maximum atomic E-state index is 13.4. The Morgan fingerprint density at radius 3 is 2.67 bits per heavy atom. The topological polar surface area (TPSA) is 47.6 Å². The first-order chi connectivity index (χ1) is 11.4. The summed E-state index contributed by atoms with van der Waals surface area (Å²) in [6.07, 6.45) is -4.16. The monoisotopic (exact) mass is 364 g/mol. The van der Waals surface area contributed by atoms with E-state index in [1.54, 1.807) is 12.1 Å². The van der Waals surface area contributed by atoms with E-state index in [0.29, 0.717) is 13.0 Å². The molecule has 0 atom stereocenters. The van der Waals surface area contributed by atoms with Gasteiger partial charge in [-0.3, -0.25) is 0 Å². The van der Waals surface area contributed by atoms with E-state index in [4.69, 9.17) is 9.26 Å². The first kappa shape index (κ1) is 18.6. The van der Waals surface area contributed by atoms with Gasteiger partial charge in [0.2, 0.25) is 0 Å². The average Bonchev–Trinajstić information content (AvgIpc) is 3.11. The third-order valence-corrected chi connectivity index (χ3v) is 4.24. The van der Waals surface area contributed by atoms with Gasteiger partial charge in [-0.2, -0.15) is 17.9 Å². The summed E-state index contributed by atoms with van der Waals surface area (Å²) in [5.41, 5.74) is -2.63. The molecule has 0 aliphatic carbocycles. The van der Waals surface area contributed by atoms with Crippen LogP contribution >= 0.6 is 11.3 Å². The second kappa shape index (κ2) is 7.89. The molecule has 0 aliphatic heterocycles. The summed E-state index contributed by atoms with van der Waals surface area (Å²) in [7, 11) is 1.48. The van der Waals surface area contributed by atoms with Crippen LogP contribution in [0.4, 0.5) is 19.0 Å². The molecule has 9 heteroatoms. The first-order valence-electron chi connectivity index (χ1n) is 7.46. The molecule has 0 spiro atoms. The molecular weight excluding hydrogens is 345 g/mol. The lowest BCUT2D eigenvalue weighted by Gasteiger charge is -2.25. The average molecular weight is 364 g/mol. The number of thiophene rings is 1. The highest BCUT2D eigenvalue weighted by Crippen LogP contribution is 2.35. The highest BCUT2D eigenvalue weighted by Gasteiger charge is 2.42. The summed E-state index contributed by atoms with van der Waals surface area (Å²) in [4.78, 5) is 14.1. The molecule has 2 heterocycles. The van der Waals surface area contributed by atoms with Gasteiger partial charge in [0.05, 0.1) is 13.2 Å². The van der Waals surface area contributed by atoms with Crippen molar-refractivity contribution in [1.29, 1.82) is 0 Å². The molecular formula is C15H19F3N2O3S. The molecule has 0 aliphatic rings. The van der Waals surface area contributed by atoms with Gasteiger partial charge in [-0.1, -0.05) is 13.0 Å². The number of anilines is 1. The van der Waals surface area contributed by atoms with E-state index in [0.717, 1.165) is 9.62 Å². The Labute approximate surface area is 141 Å². The van der Waals surface area contributed by atoms with Crippen LogP contribution in [0.3, 0.4) is 0 Å². The predicted molar refractivity (Wildman–Crippen MR) is 85.8 cm³/mol. The molecule has 2 rings (SSSR count). The van der Waals surface area contributed by atoms with Gasteiger partial charge >= 0.3 is 11.8 Å². The number of hydrogen-bond donors (Lipinski definition) is 0. The van der Waals surface area contributed by atoms with Crippen molar-refractivity contribution in [1.82, 2.24) is 4.74 Å². The van der Waals surface area contributed by atoms with Gasteiger partial charge in [0.1, 0.15) is 0 Å². The van der Waals surface area contributed by atoms with Crippen LogP contribution in [-0.2, 0) is 17.5 Å². The number of rotatable bonds is 8. The van der Waals surface area contributed by atoms with Crippen LogP contribution in [0.15, 0.2) is 26.8 Å². The molecule has 24 heavy (non-hydrogen) atoms. The van der Waals surface area contributed by atoms with Gasteiger partial charge in [-0.25, -0.2) is 4.79 Å². The maximum absolute atomic E-state index is 13.4. The zero-order chi connectivity index (χ0) is 17.7. The fourth-order valence-electron chi connectivity index (χ4n) is 2.41. The van der Waals surface area contributed by atoms with Crippen molar-refractivity contribution in [3.8, 4) is 0 Å². The van der Waals surface area contributed by atoms with Gasteiger partial charge < -0.3 is 14.2 Å². The third-order valence-electron chi connectivity index (χ3n) is 3.38. The van der Waals surface area contributed by atoms with E-state index in [-0.39, 0.29) is 25.5 Å². The van der Waals surface area contributed by atoms with Gasteiger partial charge in [0.15, 0.2) is 11.4 Å². The molecule has 0 saturated carbocycles. The number of hydrogen-bond acceptors (Lipinski definition) is 5. The van der Waals surface area contributed by atoms with Gasteiger partial charge in [-0.15, -0.1) is 11.3 Å². The molecule has 0 N–H and O–H groups in total. The minimum Gasteiger partial charge on any atom is -0.383 e. The largest absolute Gasteiger partial charge is 0.427 e. The summed E-state index contributed by atoms with van der Waals surface area (Å²) in [5, 5.41) is 1.82. The van der Waals surface area contributed by atoms with Crippen LogP contribution in [0.2, 0.25) is 0 Å². The van der Waals surface area contributed by atoms with Crippen molar-refractivity contribution < 1.29 is 22.4 Å². The SMILES string of the molecule is CCCN(CCOC)c1c(C(F)(F)F)c(=O)on1Cc1cccs1. The number of alkyl halides is 3. The van der Waals surface area contributed by atoms with E-state index < -0.39 is 17.4 Å². The smallest absolute Gasteiger partial charge is 0.383 e. The Balaban J connectivity index is 2.51. The number of halogens is 3. The molecule has 134 valence electrons. The lowest BCUT2D eigenvalue weighted by molar-refractivity contribution is -0.138. The summed E-state index contributed by atoms with van der Waals surface area (Å²) in [6, 6.07) is 3.57.